The summed E-state index contributed by atoms with van der Waals surface area (Å²) in [6.07, 6.45) is 1.28. The van der Waals surface area contributed by atoms with E-state index in [0.717, 1.165) is 17.7 Å². The molecular weight excluding hydrogens is 349 g/mol. The van der Waals surface area contributed by atoms with E-state index in [1.165, 1.54) is 6.07 Å². The first-order valence-corrected chi connectivity index (χ1v) is 9.00. The van der Waals surface area contributed by atoms with Gasteiger partial charge < -0.3 is 13.9 Å². The second kappa shape index (κ2) is 6.98. The van der Waals surface area contributed by atoms with Crippen molar-refractivity contribution in [1.82, 2.24) is 15.2 Å². The Hall–Kier alpha value is -2.96. The number of hydrogen-bond donors (Lipinski definition) is 0. The number of carbonyl (C=O) groups excluding carboxylic acids is 1. The molecule has 0 radical (unpaired) electrons. The second-order valence-electron chi connectivity index (χ2n) is 7.17. The molecule has 1 aromatic carbocycles. The van der Waals surface area contributed by atoms with Crippen LogP contribution in [0.1, 0.15) is 41.4 Å². The molecule has 0 N–H and O–H groups in total. The summed E-state index contributed by atoms with van der Waals surface area (Å²) < 4.78 is 24.8. The van der Waals surface area contributed by atoms with Gasteiger partial charge in [0.1, 0.15) is 17.3 Å². The van der Waals surface area contributed by atoms with Crippen molar-refractivity contribution in [2.24, 2.45) is 5.92 Å². The summed E-state index contributed by atoms with van der Waals surface area (Å²) in [5.41, 5.74) is 2.32. The van der Waals surface area contributed by atoms with Crippen LogP contribution in [-0.2, 0) is 19.4 Å². The van der Waals surface area contributed by atoms with Crippen LogP contribution in [0, 0.1) is 11.7 Å². The molecular formula is C20H20FN3O3. The van der Waals surface area contributed by atoms with Gasteiger partial charge in [-0.2, -0.15) is 0 Å². The Morgan fingerprint density at radius 3 is 2.85 bits per heavy atom. The first-order chi connectivity index (χ1) is 13.0. The summed E-state index contributed by atoms with van der Waals surface area (Å²) in [7, 11) is 0. The molecule has 0 saturated heterocycles. The molecule has 0 fully saturated rings. The first-order valence-electron chi connectivity index (χ1n) is 9.00. The molecule has 3 heterocycles. The first kappa shape index (κ1) is 17.5. The zero-order valence-corrected chi connectivity index (χ0v) is 15.2. The molecule has 140 valence electrons. The molecule has 7 heteroatoms. The Labute approximate surface area is 155 Å². The maximum Gasteiger partial charge on any atom is 0.292 e. The molecule has 1 aliphatic heterocycles. The SMILES string of the molecule is CC(C)Cc1cc(C(=O)N2CCc3onc(-c4ccccc4F)c3C2)on1. The molecule has 6 nitrogen and oxygen atoms in total. The highest BCUT2D eigenvalue weighted by atomic mass is 19.1. The van der Waals surface area contributed by atoms with Crippen LogP contribution in [0.2, 0.25) is 0 Å². The highest BCUT2D eigenvalue weighted by Crippen LogP contribution is 2.31. The number of benzene rings is 1. The monoisotopic (exact) mass is 369 g/mol. The number of halogens is 1. The average Bonchev–Trinajstić information content (AvgIpc) is 3.27. The quantitative estimate of drug-likeness (QED) is 0.698. The van der Waals surface area contributed by atoms with Gasteiger partial charge in [-0.05, 0) is 24.5 Å². The number of rotatable bonds is 4. The van der Waals surface area contributed by atoms with Crippen LogP contribution in [0.15, 0.2) is 39.4 Å². The molecule has 3 aromatic rings. The molecule has 1 aliphatic rings. The molecule has 1 amide bonds. The Kier molecular flexibility index (Phi) is 4.51. The number of hydrogen-bond acceptors (Lipinski definition) is 5. The summed E-state index contributed by atoms with van der Waals surface area (Å²) in [4.78, 5) is 14.5. The standard InChI is InChI=1S/C20H20FN3O3/c1-12(2)9-13-10-18(27-22-13)20(25)24-8-7-17-15(11-24)19(23-26-17)14-5-3-4-6-16(14)21/h3-6,10,12H,7-9,11H2,1-2H3. The van der Waals surface area contributed by atoms with Gasteiger partial charge in [0.15, 0.2) is 0 Å². The molecule has 0 aliphatic carbocycles. The van der Waals surface area contributed by atoms with Gasteiger partial charge in [0.05, 0.1) is 12.2 Å². The van der Waals surface area contributed by atoms with E-state index in [1.807, 2.05) is 0 Å². The minimum Gasteiger partial charge on any atom is -0.360 e. The minimum atomic E-state index is -0.370. The number of amides is 1. The lowest BCUT2D eigenvalue weighted by Crippen LogP contribution is -2.35. The van der Waals surface area contributed by atoms with Gasteiger partial charge in [-0.15, -0.1) is 0 Å². The Balaban J connectivity index is 1.58. The van der Waals surface area contributed by atoms with Gasteiger partial charge in [0, 0.05) is 30.2 Å². The lowest BCUT2D eigenvalue weighted by Gasteiger charge is -2.25. The van der Waals surface area contributed by atoms with E-state index in [0.29, 0.717) is 42.4 Å². The molecule has 0 unspecified atom stereocenters. The van der Waals surface area contributed by atoms with Gasteiger partial charge in [0.25, 0.3) is 5.91 Å². The van der Waals surface area contributed by atoms with Crippen molar-refractivity contribution < 1.29 is 18.2 Å². The zero-order chi connectivity index (χ0) is 19.0. The lowest BCUT2D eigenvalue weighted by atomic mass is 10.0. The van der Waals surface area contributed by atoms with E-state index < -0.39 is 0 Å². The van der Waals surface area contributed by atoms with Gasteiger partial charge in [-0.25, -0.2) is 4.39 Å². The third-order valence-corrected chi connectivity index (χ3v) is 4.63. The molecule has 0 atom stereocenters. The number of aromatic nitrogens is 2. The van der Waals surface area contributed by atoms with Crippen molar-refractivity contribution in [3.63, 3.8) is 0 Å². The smallest absolute Gasteiger partial charge is 0.292 e. The fourth-order valence-electron chi connectivity index (χ4n) is 3.33. The van der Waals surface area contributed by atoms with E-state index in [9.17, 15) is 9.18 Å². The van der Waals surface area contributed by atoms with E-state index in [-0.39, 0.29) is 17.5 Å². The molecule has 0 bridgehead atoms. The van der Waals surface area contributed by atoms with Crippen molar-refractivity contribution in [3.05, 3.63) is 58.9 Å². The van der Waals surface area contributed by atoms with Crippen LogP contribution < -0.4 is 0 Å². The average molecular weight is 369 g/mol. The van der Waals surface area contributed by atoms with Gasteiger partial charge in [-0.3, -0.25) is 4.79 Å². The molecule has 27 heavy (non-hydrogen) atoms. The Morgan fingerprint density at radius 1 is 1.26 bits per heavy atom. The van der Waals surface area contributed by atoms with Crippen molar-refractivity contribution in [3.8, 4) is 11.3 Å². The topological polar surface area (TPSA) is 72.4 Å². The van der Waals surface area contributed by atoms with Crippen LogP contribution >= 0.6 is 0 Å². The number of nitrogens with zero attached hydrogens (tertiary/aromatic N) is 3. The lowest BCUT2D eigenvalue weighted by molar-refractivity contribution is 0.0687. The van der Waals surface area contributed by atoms with Gasteiger partial charge in [0.2, 0.25) is 5.76 Å². The largest absolute Gasteiger partial charge is 0.360 e. The Morgan fingerprint density at radius 2 is 2.07 bits per heavy atom. The fraction of sp³-hybridized carbons (Fsp3) is 0.350. The normalized spacial score (nSPS) is 13.9. The summed E-state index contributed by atoms with van der Waals surface area (Å²) in [6.45, 7) is 4.94. The van der Waals surface area contributed by atoms with Crippen LogP contribution in [0.4, 0.5) is 4.39 Å². The second-order valence-corrected chi connectivity index (χ2v) is 7.17. The summed E-state index contributed by atoms with van der Waals surface area (Å²) >= 11 is 0. The molecule has 2 aromatic heterocycles. The minimum absolute atomic E-state index is 0.220. The summed E-state index contributed by atoms with van der Waals surface area (Å²) in [5.74, 6) is 0.735. The van der Waals surface area contributed by atoms with E-state index >= 15 is 0 Å². The summed E-state index contributed by atoms with van der Waals surface area (Å²) in [6, 6.07) is 8.11. The third kappa shape index (κ3) is 3.37. The number of fused-ring (bicyclic) bond motifs is 1. The Bertz CT molecular complexity index is 977. The molecule has 4 rings (SSSR count). The van der Waals surface area contributed by atoms with E-state index in [1.54, 1.807) is 29.2 Å². The van der Waals surface area contributed by atoms with Gasteiger partial charge in [-0.1, -0.05) is 36.3 Å². The zero-order valence-electron chi connectivity index (χ0n) is 15.2. The summed E-state index contributed by atoms with van der Waals surface area (Å²) in [5, 5.41) is 8.02. The maximum absolute atomic E-state index is 14.2. The van der Waals surface area contributed by atoms with Crippen molar-refractivity contribution in [1.29, 1.82) is 0 Å². The highest BCUT2D eigenvalue weighted by molar-refractivity contribution is 5.91. The molecule has 0 spiro atoms. The fourth-order valence-corrected chi connectivity index (χ4v) is 3.33. The third-order valence-electron chi connectivity index (χ3n) is 4.63. The van der Waals surface area contributed by atoms with Crippen LogP contribution in [0.25, 0.3) is 11.3 Å². The molecule has 0 saturated carbocycles. The van der Waals surface area contributed by atoms with Crippen LogP contribution in [0.3, 0.4) is 0 Å². The van der Waals surface area contributed by atoms with E-state index in [2.05, 4.69) is 24.2 Å². The maximum atomic E-state index is 14.2. The van der Waals surface area contributed by atoms with Crippen LogP contribution in [0.5, 0.6) is 0 Å². The van der Waals surface area contributed by atoms with Gasteiger partial charge >= 0.3 is 0 Å². The van der Waals surface area contributed by atoms with Crippen molar-refractivity contribution in [2.75, 3.05) is 6.54 Å². The van der Waals surface area contributed by atoms with Crippen molar-refractivity contribution in [2.45, 2.75) is 33.2 Å². The van der Waals surface area contributed by atoms with E-state index in [4.69, 9.17) is 9.05 Å². The highest BCUT2D eigenvalue weighted by Gasteiger charge is 2.30. The number of carbonyl (C=O) groups is 1. The van der Waals surface area contributed by atoms with Crippen molar-refractivity contribution >= 4 is 5.91 Å². The predicted octanol–water partition coefficient (Wildman–Crippen LogP) is 3.87. The van der Waals surface area contributed by atoms with Crippen LogP contribution in [-0.4, -0.2) is 27.7 Å². The predicted molar refractivity (Wildman–Crippen MR) is 95.4 cm³/mol.